The fraction of sp³-hybridized carbons (Fsp3) is 0.167. The molecule has 0 bridgehead atoms. The summed E-state index contributed by atoms with van der Waals surface area (Å²) in [4.78, 5) is 8.89. The van der Waals surface area contributed by atoms with E-state index in [9.17, 15) is 4.39 Å². The highest BCUT2D eigenvalue weighted by atomic mass is 32.1. The van der Waals surface area contributed by atoms with Crippen molar-refractivity contribution >= 4 is 32.9 Å². The zero-order valence-electron chi connectivity index (χ0n) is 9.39. The lowest BCUT2D eigenvalue weighted by Crippen LogP contribution is -2.01. The van der Waals surface area contributed by atoms with E-state index in [4.69, 9.17) is 5.73 Å². The number of hydrogen-bond acceptors (Lipinski definition) is 5. The van der Waals surface area contributed by atoms with Crippen molar-refractivity contribution in [2.45, 2.75) is 6.42 Å². The van der Waals surface area contributed by atoms with Gasteiger partial charge in [0.15, 0.2) is 0 Å². The largest absolute Gasteiger partial charge is 0.330 e. The van der Waals surface area contributed by atoms with Crippen molar-refractivity contribution in [1.82, 2.24) is 9.97 Å². The molecule has 0 fully saturated rings. The summed E-state index contributed by atoms with van der Waals surface area (Å²) in [5.74, 6) is -0.263. The Hall–Kier alpha value is -1.37. The number of rotatable bonds is 3. The van der Waals surface area contributed by atoms with Gasteiger partial charge < -0.3 is 5.73 Å². The van der Waals surface area contributed by atoms with Crippen LogP contribution in [0, 0.1) is 5.82 Å². The molecule has 0 aliphatic heterocycles. The monoisotopic (exact) mass is 279 g/mol. The highest BCUT2D eigenvalue weighted by molar-refractivity contribution is 7.21. The second-order valence-electron chi connectivity index (χ2n) is 3.80. The molecular formula is C12H10FN3S2. The SMILES string of the molecule is NCCc1nc(-c2nc3cc(F)ccc3s2)cs1. The quantitative estimate of drug-likeness (QED) is 0.801. The van der Waals surface area contributed by atoms with Crippen molar-refractivity contribution < 1.29 is 4.39 Å². The van der Waals surface area contributed by atoms with Gasteiger partial charge in [-0.25, -0.2) is 14.4 Å². The van der Waals surface area contributed by atoms with E-state index in [2.05, 4.69) is 9.97 Å². The Balaban J connectivity index is 2.02. The molecule has 6 heteroatoms. The lowest BCUT2D eigenvalue weighted by Gasteiger charge is -1.88. The third-order valence-corrected chi connectivity index (χ3v) is 4.45. The van der Waals surface area contributed by atoms with E-state index in [0.29, 0.717) is 12.1 Å². The maximum absolute atomic E-state index is 13.1. The summed E-state index contributed by atoms with van der Waals surface area (Å²) in [5, 5.41) is 3.81. The summed E-state index contributed by atoms with van der Waals surface area (Å²) in [5.41, 5.74) is 7.03. The number of aromatic nitrogens is 2. The maximum Gasteiger partial charge on any atom is 0.143 e. The van der Waals surface area contributed by atoms with Crippen LogP contribution in [0.4, 0.5) is 4.39 Å². The van der Waals surface area contributed by atoms with Crippen LogP contribution in [0.1, 0.15) is 5.01 Å². The molecule has 3 nitrogen and oxygen atoms in total. The van der Waals surface area contributed by atoms with Gasteiger partial charge in [0.2, 0.25) is 0 Å². The van der Waals surface area contributed by atoms with Gasteiger partial charge in [-0.3, -0.25) is 0 Å². The van der Waals surface area contributed by atoms with Crippen LogP contribution in [0.5, 0.6) is 0 Å². The lowest BCUT2D eigenvalue weighted by atomic mass is 10.3. The molecule has 0 aliphatic rings. The summed E-state index contributed by atoms with van der Waals surface area (Å²) < 4.78 is 14.1. The molecule has 92 valence electrons. The van der Waals surface area contributed by atoms with Crippen molar-refractivity contribution in [3.8, 4) is 10.7 Å². The van der Waals surface area contributed by atoms with Crippen LogP contribution in [0.25, 0.3) is 20.9 Å². The number of hydrogen-bond donors (Lipinski definition) is 1. The van der Waals surface area contributed by atoms with Gasteiger partial charge in [0.25, 0.3) is 0 Å². The van der Waals surface area contributed by atoms with Gasteiger partial charge in [0.1, 0.15) is 16.5 Å². The molecule has 2 aromatic heterocycles. The van der Waals surface area contributed by atoms with E-state index in [1.807, 2.05) is 5.38 Å². The first-order valence-electron chi connectivity index (χ1n) is 5.47. The van der Waals surface area contributed by atoms with Crippen LogP contribution < -0.4 is 5.73 Å². The summed E-state index contributed by atoms with van der Waals surface area (Å²) in [6, 6.07) is 4.65. The smallest absolute Gasteiger partial charge is 0.143 e. The van der Waals surface area contributed by atoms with Crippen molar-refractivity contribution in [3.05, 3.63) is 34.4 Å². The molecule has 3 aromatic rings. The Morgan fingerprint density at radius 3 is 3.00 bits per heavy atom. The van der Waals surface area contributed by atoms with Crippen LogP contribution >= 0.6 is 22.7 Å². The summed E-state index contributed by atoms with van der Waals surface area (Å²) >= 11 is 3.11. The Morgan fingerprint density at radius 1 is 1.28 bits per heavy atom. The Kier molecular flexibility index (Phi) is 3.07. The average Bonchev–Trinajstić information content (AvgIpc) is 2.94. The first kappa shape index (κ1) is 11.7. The maximum atomic E-state index is 13.1. The fourth-order valence-corrected chi connectivity index (χ4v) is 3.44. The van der Waals surface area contributed by atoms with Crippen molar-refractivity contribution in [1.29, 1.82) is 0 Å². The molecule has 1 aromatic carbocycles. The molecule has 0 spiro atoms. The van der Waals surface area contributed by atoms with Crippen LogP contribution in [-0.2, 0) is 6.42 Å². The van der Waals surface area contributed by atoms with Crippen LogP contribution in [0.15, 0.2) is 23.6 Å². The average molecular weight is 279 g/mol. The highest BCUT2D eigenvalue weighted by Crippen LogP contribution is 2.31. The molecule has 0 saturated carbocycles. The van der Waals surface area contributed by atoms with Gasteiger partial charge in [-0.15, -0.1) is 22.7 Å². The molecule has 2 N–H and O–H groups in total. The molecular weight excluding hydrogens is 269 g/mol. The van der Waals surface area contributed by atoms with Gasteiger partial charge in [-0.05, 0) is 18.7 Å². The van der Waals surface area contributed by atoms with E-state index in [1.54, 1.807) is 17.4 Å². The predicted molar refractivity (Wildman–Crippen MR) is 73.4 cm³/mol. The Labute approximate surface area is 111 Å². The van der Waals surface area contributed by atoms with Gasteiger partial charge in [-0.1, -0.05) is 0 Å². The number of benzene rings is 1. The van der Waals surface area contributed by atoms with E-state index >= 15 is 0 Å². The van der Waals surface area contributed by atoms with E-state index in [0.717, 1.165) is 26.8 Å². The van der Waals surface area contributed by atoms with E-state index in [-0.39, 0.29) is 5.82 Å². The number of nitrogens with zero attached hydrogens (tertiary/aromatic N) is 2. The Bertz CT molecular complexity index is 690. The minimum atomic E-state index is -0.263. The number of thiazole rings is 2. The molecule has 0 unspecified atom stereocenters. The van der Waals surface area contributed by atoms with Gasteiger partial charge >= 0.3 is 0 Å². The normalized spacial score (nSPS) is 11.2. The fourth-order valence-electron chi connectivity index (χ4n) is 1.66. The third kappa shape index (κ3) is 2.14. The standard InChI is InChI=1S/C12H10FN3S2/c13-7-1-2-10-8(5-7)16-12(18-10)9-6-17-11(15-9)3-4-14/h1-2,5-6H,3-4,14H2. The second kappa shape index (κ2) is 4.72. The molecule has 0 aliphatic carbocycles. The number of fused-ring (bicyclic) bond motifs is 1. The molecule has 0 saturated heterocycles. The predicted octanol–water partition coefficient (Wildman–Crippen LogP) is 3.06. The summed E-state index contributed by atoms with van der Waals surface area (Å²) in [7, 11) is 0. The van der Waals surface area contributed by atoms with Crippen molar-refractivity contribution in [2.75, 3.05) is 6.54 Å². The zero-order valence-corrected chi connectivity index (χ0v) is 11.0. The molecule has 0 atom stereocenters. The number of halogens is 1. The van der Waals surface area contributed by atoms with E-state index in [1.165, 1.54) is 23.5 Å². The van der Waals surface area contributed by atoms with Crippen LogP contribution in [0.2, 0.25) is 0 Å². The highest BCUT2D eigenvalue weighted by Gasteiger charge is 2.10. The van der Waals surface area contributed by atoms with Crippen LogP contribution in [0.3, 0.4) is 0 Å². The molecule has 2 heterocycles. The topological polar surface area (TPSA) is 51.8 Å². The molecule has 18 heavy (non-hydrogen) atoms. The Morgan fingerprint density at radius 2 is 2.17 bits per heavy atom. The van der Waals surface area contributed by atoms with Crippen molar-refractivity contribution in [3.63, 3.8) is 0 Å². The third-order valence-electron chi connectivity index (χ3n) is 2.48. The van der Waals surface area contributed by atoms with Gasteiger partial charge in [0, 0.05) is 17.9 Å². The minimum absolute atomic E-state index is 0.263. The second-order valence-corrected chi connectivity index (χ2v) is 5.77. The first-order chi connectivity index (χ1) is 8.76. The first-order valence-corrected chi connectivity index (χ1v) is 7.17. The minimum Gasteiger partial charge on any atom is -0.330 e. The molecule has 3 rings (SSSR count). The summed E-state index contributed by atoms with van der Waals surface area (Å²) in [6.07, 6.45) is 0.782. The summed E-state index contributed by atoms with van der Waals surface area (Å²) in [6.45, 7) is 0.595. The molecule has 0 radical (unpaired) electrons. The van der Waals surface area contributed by atoms with Crippen molar-refractivity contribution in [2.24, 2.45) is 5.73 Å². The van der Waals surface area contributed by atoms with Gasteiger partial charge in [0.05, 0.1) is 15.2 Å². The molecule has 0 amide bonds. The van der Waals surface area contributed by atoms with Gasteiger partial charge in [-0.2, -0.15) is 0 Å². The lowest BCUT2D eigenvalue weighted by molar-refractivity contribution is 0.629. The number of nitrogens with two attached hydrogens (primary N) is 1. The zero-order chi connectivity index (χ0) is 12.5. The van der Waals surface area contributed by atoms with Crippen LogP contribution in [-0.4, -0.2) is 16.5 Å². The van der Waals surface area contributed by atoms with E-state index < -0.39 is 0 Å².